The zero-order valence-electron chi connectivity index (χ0n) is 7.40. The molecule has 2 aliphatic rings. The lowest BCUT2D eigenvalue weighted by molar-refractivity contribution is 0.0684. The molecule has 3 rings (SSSR count). The Morgan fingerprint density at radius 1 is 1.57 bits per heavy atom. The van der Waals surface area contributed by atoms with Crippen LogP contribution in [0.3, 0.4) is 0 Å². The van der Waals surface area contributed by atoms with Gasteiger partial charge in [-0.3, -0.25) is 0 Å². The average molecular weight is 211 g/mol. The fourth-order valence-electron chi connectivity index (χ4n) is 2.24. The Balaban J connectivity index is 2.13. The number of carboxylic acids is 1. The van der Waals surface area contributed by atoms with Gasteiger partial charge in [-0.15, -0.1) is 11.8 Å². The van der Waals surface area contributed by atoms with Gasteiger partial charge in [0.2, 0.25) is 0 Å². The van der Waals surface area contributed by atoms with E-state index in [4.69, 9.17) is 9.63 Å². The summed E-state index contributed by atoms with van der Waals surface area (Å²) in [7, 11) is 0. The van der Waals surface area contributed by atoms with Crippen LogP contribution in [0.2, 0.25) is 0 Å². The summed E-state index contributed by atoms with van der Waals surface area (Å²) in [6.07, 6.45) is 3.07. The normalized spacial score (nSPS) is 28.9. The molecule has 1 aromatic heterocycles. The number of carbonyl (C=O) groups is 1. The lowest BCUT2D eigenvalue weighted by Gasteiger charge is -2.16. The summed E-state index contributed by atoms with van der Waals surface area (Å²) in [5.41, 5.74) is 0.967. The van der Waals surface area contributed by atoms with Crippen molar-refractivity contribution < 1.29 is 14.4 Å². The summed E-state index contributed by atoms with van der Waals surface area (Å²) >= 11 is 1.87. The molecule has 2 bridgehead atoms. The highest BCUT2D eigenvalue weighted by atomic mass is 32.2. The van der Waals surface area contributed by atoms with Gasteiger partial charge in [0.25, 0.3) is 0 Å². The molecule has 2 aliphatic heterocycles. The number of hydrogen-bond acceptors (Lipinski definition) is 4. The van der Waals surface area contributed by atoms with Crippen molar-refractivity contribution in [3.63, 3.8) is 0 Å². The summed E-state index contributed by atoms with van der Waals surface area (Å²) in [6.45, 7) is 0. The van der Waals surface area contributed by atoms with Gasteiger partial charge < -0.3 is 9.63 Å². The molecule has 0 saturated carbocycles. The minimum absolute atomic E-state index is 0.123. The molecular weight excluding hydrogens is 202 g/mol. The maximum Gasteiger partial charge on any atom is 0.358 e. The largest absolute Gasteiger partial charge is 0.476 e. The third kappa shape index (κ3) is 1.02. The van der Waals surface area contributed by atoms with Crippen molar-refractivity contribution in [2.45, 2.75) is 29.8 Å². The van der Waals surface area contributed by atoms with Gasteiger partial charge in [0, 0.05) is 22.5 Å². The minimum Gasteiger partial charge on any atom is -0.476 e. The summed E-state index contributed by atoms with van der Waals surface area (Å²) < 4.78 is 5.09. The molecule has 3 heterocycles. The van der Waals surface area contributed by atoms with Crippen molar-refractivity contribution in [2.75, 3.05) is 0 Å². The van der Waals surface area contributed by atoms with E-state index in [1.165, 1.54) is 6.42 Å². The van der Waals surface area contributed by atoms with Gasteiger partial charge >= 0.3 is 5.97 Å². The van der Waals surface area contributed by atoms with Crippen LogP contribution in [0.4, 0.5) is 0 Å². The zero-order chi connectivity index (χ0) is 9.71. The number of thioether (sulfide) groups is 1. The Morgan fingerprint density at radius 2 is 2.43 bits per heavy atom. The van der Waals surface area contributed by atoms with Crippen LogP contribution in [0.25, 0.3) is 0 Å². The maximum atomic E-state index is 10.9. The smallest absolute Gasteiger partial charge is 0.358 e. The molecule has 1 fully saturated rings. The molecule has 0 amide bonds. The van der Waals surface area contributed by atoms with Gasteiger partial charge in [0.05, 0.1) is 0 Å². The first-order valence-electron chi connectivity index (χ1n) is 4.63. The quantitative estimate of drug-likeness (QED) is 0.768. The molecule has 1 N–H and O–H groups in total. The summed E-state index contributed by atoms with van der Waals surface area (Å²) in [5.74, 6) is -0.172. The van der Waals surface area contributed by atoms with Crippen molar-refractivity contribution >= 4 is 17.7 Å². The van der Waals surface area contributed by atoms with Crippen LogP contribution < -0.4 is 0 Å². The van der Waals surface area contributed by atoms with Crippen molar-refractivity contribution in [2.24, 2.45) is 0 Å². The number of fused-ring (bicyclic) bond motifs is 4. The van der Waals surface area contributed by atoms with Gasteiger partial charge in [-0.05, 0) is 12.8 Å². The molecule has 4 nitrogen and oxygen atoms in total. The Bertz CT molecular complexity index is 401. The van der Waals surface area contributed by atoms with Crippen molar-refractivity contribution in [3.8, 4) is 0 Å². The van der Waals surface area contributed by atoms with Crippen LogP contribution in [0, 0.1) is 0 Å². The van der Waals surface area contributed by atoms with E-state index in [-0.39, 0.29) is 5.69 Å². The fraction of sp³-hybridized carbons (Fsp3) is 0.556. The van der Waals surface area contributed by atoms with E-state index in [2.05, 4.69) is 5.16 Å². The van der Waals surface area contributed by atoms with Crippen molar-refractivity contribution in [1.29, 1.82) is 0 Å². The monoisotopic (exact) mass is 211 g/mol. The summed E-state index contributed by atoms with van der Waals surface area (Å²) in [6, 6.07) is 0. The van der Waals surface area contributed by atoms with E-state index in [0.717, 1.165) is 24.2 Å². The van der Waals surface area contributed by atoms with E-state index in [9.17, 15) is 4.79 Å². The zero-order valence-corrected chi connectivity index (χ0v) is 8.21. The number of rotatable bonds is 1. The van der Waals surface area contributed by atoms with Crippen LogP contribution in [-0.4, -0.2) is 21.5 Å². The highest BCUT2D eigenvalue weighted by molar-refractivity contribution is 8.00. The van der Waals surface area contributed by atoms with Crippen molar-refractivity contribution in [1.82, 2.24) is 5.16 Å². The third-order valence-electron chi connectivity index (χ3n) is 2.85. The van der Waals surface area contributed by atoms with Crippen LogP contribution in [0.15, 0.2) is 4.52 Å². The summed E-state index contributed by atoms with van der Waals surface area (Å²) in [4.78, 5) is 10.9. The first-order chi connectivity index (χ1) is 6.75. The Kier molecular flexibility index (Phi) is 1.65. The molecule has 0 aliphatic carbocycles. The molecular formula is C9H9NO3S. The molecule has 0 aromatic carbocycles. The Labute approximate surface area is 84.7 Å². The van der Waals surface area contributed by atoms with E-state index in [1.807, 2.05) is 11.8 Å². The Morgan fingerprint density at radius 3 is 3.21 bits per heavy atom. The average Bonchev–Trinajstić information content (AvgIpc) is 2.71. The molecule has 2 unspecified atom stereocenters. The minimum atomic E-state index is -0.971. The van der Waals surface area contributed by atoms with Gasteiger partial charge in [-0.1, -0.05) is 5.16 Å². The molecule has 5 heteroatoms. The second-order valence-corrected chi connectivity index (χ2v) is 5.21. The molecule has 1 saturated heterocycles. The van der Waals surface area contributed by atoms with Crippen LogP contribution >= 0.6 is 11.8 Å². The van der Waals surface area contributed by atoms with Gasteiger partial charge in [-0.25, -0.2) is 4.79 Å². The second kappa shape index (κ2) is 2.76. The fourth-order valence-corrected chi connectivity index (χ4v) is 3.88. The molecule has 0 spiro atoms. The number of nitrogens with zero attached hydrogens (tertiary/aromatic N) is 1. The number of aromatic nitrogens is 1. The topological polar surface area (TPSA) is 63.3 Å². The molecule has 74 valence electrons. The second-order valence-electron chi connectivity index (χ2n) is 3.70. The highest BCUT2D eigenvalue weighted by Gasteiger charge is 2.39. The predicted octanol–water partition coefficient (Wildman–Crippen LogP) is 1.87. The van der Waals surface area contributed by atoms with E-state index in [1.54, 1.807) is 0 Å². The number of aromatic carboxylic acids is 1. The first-order valence-corrected chi connectivity index (χ1v) is 5.57. The first kappa shape index (κ1) is 8.35. The molecule has 1 aromatic rings. The predicted molar refractivity (Wildman–Crippen MR) is 50.5 cm³/mol. The number of carboxylic acid groups (broad SMARTS) is 1. The summed E-state index contributed by atoms with van der Waals surface area (Å²) in [5, 5.41) is 13.5. The maximum absolute atomic E-state index is 10.9. The van der Waals surface area contributed by atoms with Crippen LogP contribution in [-0.2, 0) is 6.42 Å². The standard InChI is InChI=1S/C9H9NO3S/c11-9(12)8-7-5(13-10-8)3-4-1-2-6(7)14-4/h4,6H,1-3H2,(H,11,12). The molecule has 0 radical (unpaired) electrons. The Hall–Kier alpha value is -0.970. The van der Waals surface area contributed by atoms with Crippen LogP contribution in [0.1, 0.15) is 39.9 Å². The lowest BCUT2D eigenvalue weighted by Crippen LogP contribution is -2.10. The van der Waals surface area contributed by atoms with E-state index < -0.39 is 5.97 Å². The van der Waals surface area contributed by atoms with E-state index >= 15 is 0 Å². The van der Waals surface area contributed by atoms with Gasteiger partial charge in [-0.2, -0.15) is 0 Å². The molecule has 14 heavy (non-hydrogen) atoms. The van der Waals surface area contributed by atoms with E-state index in [0.29, 0.717) is 10.5 Å². The SMILES string of the molecule is O=C(O)c1noc2c1C1CCC(C2)S1. The van der Waals surface area contributed by atoms with Gasteiger partial charge in [0.1, 0.15) is 5.76 Å². The van der Waals surface area contributed by atoms with Gasteiger partial charge in [0.15, 0.2) is 5.69 Å². The third-order valence-corrected chi connectivity index (χ3v) is 4.44. The van der Waals surface area contributed by atoms with Crippen molar-refractivity contribution in [3.05, 3.63) is 17.0 Å². The molecule has 2 atom stereocenters. The highest BCUT2D eigenvalue weighted by Crippen LogP contribution is 2.52. The van der Waals surface area contributed by atoms with Crippen LogP contribution in [0.5, 0.6) is 0 Å². The number of hydrogen-bond donors (Lipinski definition) is 1. The lowest BCUT2D eigenvalue weighted by atomic mass is 10.1.